The Balaban J connectivity index is 1.51. The fraction of sp³-hybridized carbons (Fsp3) is 0.250. The van der Waals surface area contributed by atoms with Crippen LogP contribution in [0.5, 0.6) is 17.2 Å². The second-order valence-corrected chi connectivity index (χ2v) is 10.1. The summed E-state index contributed by atoms with van der Waals surface area (Å²) in [6.07, 6.45) is 2.32. The Labute approximate surface area is 224 Å². The van der Waals surface area contributed by atoms with Crippen LogP contribution in [0, 0.1) is 5.41 Å². The van der Waals surface area contributed by atoms with Gasteiger partial charge in [-0.1, -0.05) is 22.9 Å². The molecule has 2 aliphatic heterocycles. The molecule has 11 heteroatoms. The summed E-state index contributed by atoms with van der Waals surface area (Å²) in [4.78, 5) is 16.8. The minimum absolute atomic E-state index is 0.00421. The number of hydrogen-bond donors (Lipinski definition) is 1. The van der Waals surface area contributed by atoms with Crippen molar-refractivity contribution in [3.63, 3.8) is 0 Å². The molecule has 1 N–H and O–H groups in total. The van der Waals surface area contributed by atoms with E-state index in [1.807, 2.05) is 38.1 Å². The number of aliphatic imine (C=N–C) groups is 1. The van der Waals surface area contributed by atoms with Crippen molar-refractivity contribution >= 4 is 71.7 Å². The van der Waals surface area contributed by atoms with Gasteiger partial charge in [0.15, 0.2) is 17.3 Å². The molecule has 182 valence electrons. The van der Waals surface area contributed by atoms with Gasteiger partial charge < -0.3 is 14.2 Å². The Kier molecular flexibility index (Phi) is 8.30. The average molecular weight is 622 g/mol. The molecule has 0 fully saturated rings. The number of carbonyl (C=O) groups is 1. The lowest BCUT2D eigenvalue weighted by atomic mass is 10.1. The van der Waals surface area contributed by atoms with Crippen molar-refractivity contribution in [2.24, 2.45) is 10.1 Å². The maximum absolute atomic E-state index is 12.6. The quantitative estimate of drug-likeness (QED) is 0.269. The van der Waals surface area contributed by atoms with Gasteiger partial charge in [-0.25, -0.2) is 0 Å². The van der Waals surface area contributed by atoms with Crippen molar-refractivity contribution in [3.8, 4) is 17.2 Å². The van der Waals surface area contributed by atoms with Crippen molar-refractivity contribution in [2.45, 2.75) is 20.3 Å². The summed E-state index contributed by atoms with van der Waals surface area (Å²) in [7, 11) is 0. The highest BCUT2D eigenvalue weighted by Gasteiger charge is 2.35. The van der Waals surface area contributed by atoms with Crippen molar-refractivity contribution in [1.29, 1.82) is 5.41 Å². The largest absolute Gasteiger partial charge is 0.490 e. The number of carbonyl (C=O) groups excluding carboxylic acids is 1. The van der Waals surface area contributed by atoms with Crippen LogP contribution < -0.4 is 14.2 Å². The number of ether oxygens (including phenoxy) is 3. The predicted molar refractivity (Wildman–Crippen MR) is 146 cm³/mol. The minimum atomic E-state index is -0.471. The topological polar surface area (TPSA) is 96.6 Å². The Morgan fingerprint density at radius 2 is 1.83 bits per heavy atom. The van der Waals surface area contributed by atoms with E-state index >= 15 is 0 Å². The molecule has 1 amide bonds. The van der Waals surface area contributed by atoms with E-state index in [0.717, 1.165) is 15.3 Å². The molecule has 0 unspecified atom stereocenters. The van der Waals surface area contributed by atoms with Gasteiger partial charge in [0.05, 0.1) is 16.7 Å². The number of hydrogen-bond acceptors (Lipinski definition) is 7. The van der Waals surface area contributed by atoms with Gasteiger partial charge in [0.2, 0.25) is 5.17 Å². The molecule has 0 spiro atoms. The van der Waals surface area contributed by atoms with Gasteiger partial charge in [-0.3, -0.25) is 10.2 Å². The molecule has 2 aromatic carbocycles. The number of nitrogens with one attached hydrogen (secondary N) is 1. The number of amidine groups is 2. The van der Waals surface area contributed by atoms with Gasteiger partial charge in [-0.2, -0.15) is 15.1 Å². The molecule has 0 aliphatic carbocycles. The monoisotopic (exact) mass is 620 g/mol. The lowest BCUT2D eigenvalue weighted by molar-refractivity contribution is -0.114. The Morgan fingerprint density at radius 3 is 2.54 bits per heavy atom. The molecule has 2 heterocycles. The van der Waals surface area contributed by atoms with Crippen molar-refractivity contribution in [1.82, 2.24) is 5.01 Å². The summed E-state index contributed by atoms with van der Waals surface area (Å²) in [5.74, 6) is 1.32. The summed E-state index contributed by atoms with van der Waals surface area (Å²) in [5, 5.41) is 15.5. The smallest absolute Gasteiger partial charge is 0.283 e. The number of thioether (sulfide) groups is 1. The molecule has 8 nitrogen and oxygen atoms in total. The summed E-state index contributed by atoms with van der Waals surface area (Å²) in [6, 6.07) is 11.1. The number of fused-ring (bicyclic) bond motifs is 1. The fourth-order valence-electron chi connectivity index (χ4n) is 3.25. The first-order chi connectivity index (χ1) is 16.9. The highest BCUT2D eigenvalue weighted by Crippen LogP contribution is 2.38. The molecule has 2 aliphatic rings. The van der Waals surface area contributed by atoms with E-state index in [1.165, 1.54) is 16.8 Å². The van der Waals surface area contributed by atoms with E-state index in [2.05, 4.69) is 42.0 Å². The Hall–Kier alpha value is -2.63. The van der Waals surface area contributed by atoms with E-state index in [0.29, 0.717) is 52.9 Å². The van der Waals surface area contributed by atoms with Crippen LogP contribution in [0.25, 0.3) is 6.08 Å². The van der Waals surface area contributed by atoms with Gasteiger partial charge in [0.1, 0.15) is 24.0 Å². The molecule has 0 saturated heterocycles. The first-order valence-electron chi connectivity index (χ1n) is 10.9. The van der Waals surface area contributed by atoms with Gasteiger partial charge in [0, 0.05) is 4.47 Å². The highest BCUT2D eigenvalue weighted by atomic mass is 79.9. The van der Waals surface area contributed by atoms with Crippen LogP contribution in [-0.4, -0.2) is 46.8 Å². The minimum Gasteiger partial charge on any atom is -0.490 e. The first kappa shape index (κ1) is 25.5. The third-order valence-electron chi connectivity index (χ3n) is 4.85. The molecule has 0 atom stereocenters. The molecular formula is C24H22Br2N4O4S. The van der Waals surface area contributed by atoms with Gasteiger partial charge in [-0.05, 0) is 89.1 Å². The molecular weight excluding hydrogens is 600 g/mol. The van der Waals surface area contributed by atoms with Gasteiger partial charge in [0.25, 0.3) is 5.91 Å². The maximum Gasteiger partial charge on any atom is 0.283 e. The van der Waals surface area contributed by atoms with E-state index in [9.17, 15) is 4.79 Å². The Bertz CT molecular complexity index is 1240. The van der Waals surface area contributed by atoms with Gasteiger partial charge >= 0.3 is 0 Å². The molecule has 4 rings (SSSR count). The van der Waals surface area contributed by atoms with Crippen LogP contribution in [0.2, 0.25) is 0 Å². The second-order valence-electron chi connectivity index (χ2n) is 7.28. The zero-order valence-corrected chi connectivity index (χ0v) is 23.0. The van der Waals surface area contributed by atoms with Crippen LogP contribution in [0.1, 0.15) is 25.8 Å². The third kappa shape index (κ3) is 5.96. The zero-order chi connectivity index (χ0) is 24.9. The molecule has 35 heavy (non-hydrogen) atoms. The van der Waals surface area contributed by atoms with E-state index < -0.39 is 5.91 Å². The van der Waals surface area contributed by atoms with Crippen molar-refractivity contribution < 1.29 is 19.0 Å². The highest BCUT2D eigenvalue weighted by molar-refractivity contribution is 9.10. The van der Waals surface area contributed by atoms with Crippen molar-refractivity contribution in [3.05, 3.63) is 56.5 Å². The number of benzene rings is 2. The van der Waals surface area contributed by atoms with E-state index in [4.69, 9.17) is 19.6 Å². The fourth-order valence-corrected chi connectivity index (χ4v) is 4.91. The second kappa shape index (κ2) is 11.4. The molecule has 0 aromatic heterocycles. The Morgan fingerprint density at radius 1 is 1.09 bits per heavy atom. The number of amides is 1. The number of rotatable bonds is 9. The predicted octanol–water partition coefficient (Wildman–Crippen LogP) is 6.10. The summed E-state index contributed by atoms with van der Waals surface area (Å²) >= 11 is 8.26. The lowest BCUT2D eigenvalue weighted by Crippen LogP contribution is -2.35. The van der Waals surface area contributed by atoms with Crippen LogP contribution in [0.3, 0.4) is 0 Å². The molecule has 2 aromatic rings. The first-order valence-corrected chi connectivity index (χ1v) is 13.3. The molecule has 0 radical (unpaired) electrons. The lowest BCUT2D eigenvalue weighted by Gasteiger charge is -2.20. The normalized spacial score (nSPS) is 16.2. The SMILES string of the molecule is CCOc1cc(/C=C2\C(=N)N3N=C(CC)SC3=NC2=O)cc(Br)c1OCCOc1ccc(Br)cc1. The van der Waals surface area contributed by atoms with Gasteiger partial charge in [-0.15, -0.1) is 0 Å². The van der Waals surface area contributed by atoms with Crippen LogP contribution in [-0.2, 0) is 4.79 Å². The number of halogens is 2. The van der Waals surface area contributed by atoms with E-state index in [-0.39, 0.29) is 11.4 Å². The standard InChI is InChI=1S/C24H22Br2N4O4S/c1-3-20-29-30-22(27)17(23(31)28-24(30)35-20)11-14-12-18(26)21(19(13-14)32-4-2)34-10-9-33-16-7-5-15(25)6-8-16/h5-8,11-13,27H,3-4,9-10H2,1-2H3/b17-11+,27-22?. The summed E-state index contributed by atoms with van der Waals surface area (Å²) in [5.41, 5.74) is 0.818. The number of hydrazone groups is 1. The van der Waals surface area contributed by atoms with E-state index in [1.54, 1.807) is 18.2 Å². The van der Waals surface area contributed by atoms with Crippen LogP contribution in [0.15, 0.2) is 61.0 Å². The molecule has 0 bridgehead atoms. The van der Waals surface area contributed by atoms with Crippen molar-refractivity contribution in [2.75, 3.05) is 19.8 Å². The summed E-state index contributed by atoms with van der Waals surface area (Å²) in [6.45, 7) is 4.94. The third-order valence-corrected chi connectivity index (χ3v) is 7.02. The zero-order valence-electron chi connectivity index (χ0n) is 19.0. The van der Waals surface area contributed by atoms with Crippen LogP contribution in [0.4, 0.5) is 0 Å². The molecule has 0 saturated carbocycles. The maximum atomic E-state index is 12.6. The average Bonchev–Trinajstić information content (AvgIpc) is 3.25. The summed E-state index contributed by atoms with van der Waals surface area (Å²) < 4.78 is 19.1. The van der Waals surface area contributed by atoms with Crippen LogP contribution >= 0.6 is 43.6 Å². The number of nitrogens with zero attached hydrogens (tertiary/aromatic N) is 3.